The molecule has 2 aliphatic carbocycles. The van der Waals surface area contributed by atoms with Crippen LogP contribution in [0, 0.1) is 5.92 Å². The Bertz CT molecular complexity index is 1690. The zero-order valence-corrected chi connectivity index (χ0v) is 27.3. The summed E-state index contributed by atoms with van der Waals surface area (Å²) in [6, 6.07) is 8.21. The van der Waals surface area contributed by atoms with Crippen molar-refractivity contribution in [2.75, 3.05) is 13.7 Å². The maximum atomic E-state index is 14.4. The lowest BCUT2D eigenvalue weighted by Crippen LogP contribution is -2.54. The Labute approximate surface area is 279 Å². The number of nitrogens with zero attached hydrogens (tertiary/aromatic N) is 4. The Morgan fingerprint density at radius 2 is 1.90 bits per heavy atom. The van der Waals surface area contributed by atoms with Gasteiger partial charge in [-0.3, -0.25) is 9.59 Å². The van der Waals surface area contributed by atoms with Crippen LogP contribution in [-0.4, -0.2) is 86.1 Å². The third-order valence-corrected chi connectivity index (χ3v) is 10.2. The van der Waals surface area contributed by atoms with E-state index in [1.54, 1.807) is 41.2 Å². The molecule has 4 aliphatic rings. The lowest BCUT2D eigenvalue weighted by atomic mass is 10.1. The van der Waals surface area contributed by atoms with Gasteiger partial charge < -0.3 is 29.5 Å². The summed E-state index contributed by atoms with van der Waals surface area (Å²) < 4.78 is 20.2. The highest BCUT2D eigenvalue weighted by Gasteiger charge is 2.61. The van der Waals surface area contributed by atoms with E-state index in [1.165, 1.54) is 0 Å². The first-order valence-corrected chi connectivity index (χ1v) is 17.2. The van der Waals surface area contributed by atoms with Crippen molar-refractivity contribution in [1.29, 1.82) is 0 Å². The smallest absolute Gasteiger partial charge is 0.330 e. The predicted octanol–water partition coefficient (Wildman–Crippen LogP) is 4.59. The number of fused-ring (bicyclic) bond motifs is 3. The maximum absolute atomic E-state index is 14.4. The molecule has 5 unspecified atom stereocenters. The van der Waals surface area contributed by atoms with E-state index in [-0.39, 0.29) is 30.9 Å². The van der Waals surface area contributed by atoms with Gasteiger partial charge in [-0.15, -0.1) is 0 Å². The Balaban J connectivity index is 1.21. The van der Waals surface area contributed by atoms with Crippen molar-refractivity contribution in [2.24, 2.45) is 5.92 Å². The second kappa shape index (κ2) is 13.6. The summed E-state index contributed by atoms with van der Waals surface area (Å²) >= 11 is 0. The van der Waals surface area contributed by atoms with Gasteiger partial charge >= 0.3 is 5.97 Å². The average molecular weight is 658 g/mol. The molecular formula is C36H43N5O7. The highest BCUT2D eigenvalue weighted by atomic mass is 16.5. The first kappa shape index (κ1) is 32.1. The quantitative estimate of drug-likeness (QED) is 0.349. The molecule has 0 radical (unpaired) electrons. The van der Waals surface area contributed by atoms with E-state index in [1.807, 2.05) is 30.4 Å². The van der Waals surface area contributed by atoms with Gasteiger partial charge in [0.25, 0.3) is 5.91 Å². The van der Waals surface area contributed by atoms with E-state index in [0.29, 0.717) is 35.7 Å². The normalized spacial score (nSPS) is 29.0. The molecule has 12 heteroatoms. The van der Waals surface area contributed by atoms with Gasteiger partial charge in [0.05, 0.1) is 25.3 Å². The summed E-state index contributed by atoms with van der Waals surface area (Å²) in [6.07, 6.45) is 14.8. The van der Waals surface area contributed by atoms with Crippen LogP contribution in [0.1, 0.15) is 70.6 Å². The summed E-state index contributed by atoms with van der Waals surface area (Å²) in [5, 5.41) is 18.1. The number of nitrogens with one attached hydrogen (secondary N) is 1. The number of hydrogen-bond acceptors (Lipinski definition) is 8. The van der Waals surface area contributed by atoms with E-state index in [9.17, 15) is 19.5 Å². The SMILES string of the molecule is COc1ccc2c(OC3CC4C(=O)NC5(C(=O)O)CC5/C=C/CCCCCC(OC5CCCC5)C(=O)N4C3)cc(-n3cccn3)nc2c1. The zero-order chi connectivity index (χ0) is 33.3. The standard InChI is InChI=1S/C36H43N5O7/c1-46-25-14-15-27-28(18-25)38-32(41-17-9-16-37-41)20-31(27)48-26-19-29-33(42)39-36(35(44)45)21-23(36)10-5-3-2-4-6-13-30(34(43)40(29)22-26)47-24-11-7-8-12-24/h5,9-10,14-18,20,23-24,26,29-30H,2-4,6-8,11-13,19,21-22H2,1H3,(H,39,42)(H,44,45)/b10-5+. The van der Waals surface area contributed by atoms with E-state index in [2.05, 4.69) is 10.4 Å². The van der Waals surface area contributed by atoms with Gasteiger partial charge in [-0.2, -0.15) is 5.10 Å². The van der Waals surface area contributed by atoms with Crippen LogP contribution in [0.15, 0.2) is 54.9 Å². The second-order valence-electron chi connectivity index (χ2n) is 13.5. The minimum Gasteiger partial charge on any atom is -0.497 e. The van der Waals surface area contributed by atoms with E-state index in [0.717, 1.165) is 56.8 Å². The van der Waals surface area contributed by atoms with Gasteiger partial charge in [0, 0.05) is 42.3 Å². The molecule has 1 saturated heterocycles. The van der Waals surface area contributed by atoms with Crippen LogP contribution >= 0.6 is 0 Å². The van der Waals surface area contributed by atoms with Crippen LogP contribution in [-0.2, 0) is 19.1 Å². The second-order valence-corrected chi connectivity index (χ2v) is 13.5. The van der Waals surface area contributed by atoms with Crippen LogP contribution in [0.3, 0.4) is 0 Å². The van der Waals surface area contributed by atoms with E-state index < -0.39 is 35.7 Å². The predicted molar refractivity (Wildman–Crippen MR) is 176 cm³/mol. The number of rotatable bonds is 7. The van der Waals surface area contributed by atoms with Gasteiger partial charge in [-0.05, 0) is 56.7 Å². The number of pyridine rings is 1. The summed E-state index contributed by atoms with van der Waals surface area (Å²) in [5.41, 5.74) is -0.736. The van der Waals surface area contributed by atoms with Crippen molar-refractivity contribution in [3.63, 3.8) is 0 Å². The molecule has 2 aliphatic heterocycles. The van der Waals surface area contributed by atoms with Crippen molar-refractivity contribution in [1.82, 2.24) is 25.0 Å². The number of amides is 2. The fourth-order valence-corrected chi connectivity index (χ4v) is 7.45. The molecule has 0 bridgehead atoms. The third-order valence-electron chi connectivity index (χ3n) is 10.2. The minimum absolute atomic E-state index is 0.0225. The van der Waals surface area contributed by atoms with Crippen LogP contribution < -0.4 is 14.8 Å². The Morgan fingerprint density at radius 3 is 2.67 bits per heavy atom. The molecule has 48 heavy (non-hydrogen) atoms. The molecule has 0 spiro atoms. The van der Waals surface area contributed by atoms with Crippen LogP contribution in [0.5, 0.6) is 11.5 Å². The molecule has 3 fully saturated rings. The third kappa shape index (κ3) is 6.50. The topological polar surface area (TPSA) is 145 Å². The summed E-state index contributed by atoms with van der Waals surface area (Å²) in [5.74, 6) is -0.364. The van der Waals surface area contributed by atoms with Gasteiger partial charge in [0.1, 0.15) is 35.3 Å². The van der Waals surface area contributed by atoms with Crippen LogP contribution in [0.4, 0.5) is 0 Å². The maximum Gasteiger partial charge on any atom is 0.330 e. The lowest BCUT2D eigenvalue weighted by Gasteiger charge is -2.30. The van der Waals surface area contributed by atoms with Crippen molar-refractivity contribution >= 4 is 28.7 Å². The first-order chi connectivity index (χ1) is 23.3. The molecule has 2 saturated carbocycles. The van der Waals surface area contributed by atoms with Crippen molar-refractivity contribution in [3.05, 3.63) is 54.9 Å². The van der Waals surface area contributed by atoms with Gasteiger partial charge in [0.2, 0.25) is 5.91 Å². The van der Waals surface area contributed by atoms with E-state index in [4.69, 9.17) is 19.2 Å². The molecule has 7 rings (SSSR count). The molecule has 3 aromatic rings. The molecule has 5 atom stereocenters. The lowest BCUT2D eigenvalue weighted by molar-refractivity contribution is -0.153. The fraction of sp³-hybridized carbons (Fsp3) is 0.528. The monoisotopic (exact) mass is 657 g/mol. The Kier molecular flexibility index (Phi) is 9.09. The number of aromatic nitrogens is 3. The summed E-state index contributed by atoms with van der Waals surface area (Å²) in [7, 11) is 1.59. The number of aliphatic carboxylic acids is 1. The Morgan fingerprint density at radius 1 is 1.06 bits per heavy atom. The largest absolute Gasteiger partial charge is 0.497 e. The van der Waals surface area contributed by atoms with Crippen molar-refractivity contribution in [2.45, 2.75) is 101 Å². The number of ether oxygens (including phenoxy) is 3. The summed E-state index contributed by atoms with van der Waals surface area (Å²) in [6.45, 7) is 0.155. The molecule has 1 aromatic carbocycles. The zero-order valence-electron chi connectivity index (χ0n) is 27.3. The number of benzene rings is 1. The molecule has 12 nitrogen and oxygen atoms in total. The number of allylic oxidation sites excluding steroid dienone is 1. The van der Waals surface area contributed by atoms with Gasteiger partial charge in [-0.1, -0.05) is 37.8 Å². The number of methoxy groups -OCH3 is 1. The first-order valence-electron chi connectivity index (χ1n) is 17.2. The molecular weight excluding hydrogens is 614 g/mol. The van der Waals surface area contributed by atoms with Crippen LogP contribution in [0.25, 0.3) is 16.7 Å². The average Bonchev–Trinajstić information content (AvgIpc) is 3.59. The minimum atomic E-state index is -1.37. The number of carbonyl (C=O) groups is 3. The molecule has 2 amide bonds. The Hall–Kier alpha value is -4.45. The van der Waals surface area contributed by atoms with Crippen LogP contribution in [0.2, 0.25) is 0 Å². The highest BCUT2D eigenvalue weighted by molar-refractivity contribution is 5.95. The van der Waals surface area contributed by atoms with Crippen molar-refractivity contribution in [3.8, 4) is 17.3 Å². The molecule has 4 heterocycles. The number of carboxylic acid groups (broad SMARTS) is 1. The number of carboxylic acids is 1. The van der Waals surface area contributed by atoms with Crippen molar-refractivity contribution < 1.29 is 33.7 Å². The summed E-state index contributed by atoms with van der Waals surface area (Å²) in [4.78, 5) is 47.3. The molecule has 2 N–H and O–H groups in total. The number of hydrogen-bond donors (Lipinski definition) is 2. The fourth-order valence-electron chi connectivity index (χ4n) is 7.45. The van der Waals surface area contributed by atoms with E-state index >= 15 is 0 Å². The highest BCUT2D eigenvalue weighted by Crippen LogP contribution is 2.45. The molecule has 254 valence electrons. The molecule has 2 aromatic heterocycles. The van der Waals surface area contributed by atoms with Gasteiger partial charge in [0.15, 0.2) is 5.82 Å². The van der Waals surface area contributed by atoms with Gasteiger partial charge in [-0.25, -0.2) is 14.5 Å². The number of carbonyl (C=O) groups excluding carboxylic acids is 2.